The number of rotatable bonds is 3. The van der Waals surface area contributed by atoms with Crippen LogP contribution in [0.4, 0.5) is 5.95 Å². The minimum absolute atomic E-state index is 0.0305. The molecule has 4 aromatic rings. The van der Waals surface area contributed by atoms with E-state index in [0.29, 0.717) is 28.8 Å². The van der Waals surface area contributed by atoms with Crippen molar-refractivity contribution >= 4 is 23.5 Å². The van der Waals surface area contributed by atoms with E-state index in [9.17, 15) is 14.4 Å². The van der Waals surface area contributed by atoms with E-state index in [1.165, 1.54) is 4.52 Å². The van der Waals surface area contributed by atoms with E-state index in [1.54, 1.807) is 31.2 Å². The zero-order valence-corrected chi connectivity index (χ0v) is 15.4. The van der Waals surface area contributed by atoms with Gasteiger partial charge in [0, 0.05) is 12.0 Å². The van der Waals surface area contributed by atoms with Crippen LogP contribution >= 0.6 is 0 Å². The highest BCUT2D eigenvalue weighted by molar-refractivity contribution is 6.33. The molecule has 0 radical (unpaired) electrons. The van der Waals surface area contributed by atoms with Crippen LogP contribution in [0.5, 0.6) is 0 Å². The molecule has 1 aliphatic rings. The Labute approximate surface area is 164 Å². The molecule has 29 heavy (non-hydrogen) atoms. The molecule has 0 spiro atoms. The minimum Gasteiger partial charge on any atom is -0.268 e. The maximum atomic E-state index is 13.0. The summed E-state index contributed by atoms with van der Waals surface area (Å²) in [6.45, 7) is 1.75. The van der Waals surface area contributed by atoms with Crippen LogP contribution in [0.1, 0.15) is 37.5 Å². The first-order chi connectivity index (χ1) is 14.0. The number of carbonyl (C=O) groups excluding carboxylic acids is 2. The maximum Gasteiger partial charge on any atom is 0.277 e. The molecule has 2 aromatic carbocycles. The van der Waals surface area contributed by atoms with Crippen LogP contribution in [-0.4, -0.2) is 31.4 Å². The monoisotopic (exact) mass is 385 g/mol. The molecule has 0 bridgehead atoms. The van der Waals surface area contributed by atoms with Gasteiger partial charge in [-0.25, -0.2) is 9.88 Å². The molecule has 0 saturated heterocycles. The second-order valence-electron chi connectivity index (χ2n) is 6.82. The Balaban J connectivity index is 1.60. The second-order valence-corrected chi connectivity index (χ2v) is 6.82. The van der Waals surface area contributed by atoms with Gasteiger partial charge in [-0.2, -0.15) is 9.50 Å². The molecule has 5 rings (SSSR count). The summed E-state index contributed by atoms with van der Waals surface area (Å²) < 4.78 is 1.17. The molecule has 1 N–H and O–H groups in total. The fourth-order valence-corrected chi connectivity index (χ4v) is 3.53. The second kappa shape index (κ2) is 6.23. The average molecular weight is 385 g/mol. The third-order valence-electron chi connectivity index (χ3n) is 5.01. The molecule has 2 amide bonds. The number of aromatic nitrogens is 4. The standard InChI is InChI=1S/C21H15N5O3/c1-12-16(11-13-7-3-2-4-8-13)19(29)26-20(22-12)23-21(24-26)25-17(27)14-9-5-6-10-15(14)18(25)28/h2-10H,11H2,1H3,(H,22,23,24). The predicted octanol–water partition coefficient (Wildman–Crippen LogP) is 2.12. The molecule has 0 aliphatic carbocycles. The van der Waals surface area contributed by atoms with Gasteiger partial charge in [-0.05, 0) is 24.6 Å². The zero-order valence-electron chi connectivity index (χ0n) is 15.4. The molecule has 1 aliphatic heterocycles. The van der Waals surface area contributed by atoms with Gasteiger partial charge in [-0.1, -0.05) is 42.5 Å². The average Bonchev–Trinajstić information content (AvgIpc) is 3.25. The lowest BCUT2D eigenvalue weighted by molar-refractivity contribution is 0.0924. The van der Waals surface area contributed by atoms with E-state index in [0.717, 1.165) is 10.5 Å². The quantitative estimate of drug-likeness (QED) is 0.545. The van der Waals surface area contributed by atoms with E-state index in [1.807, 2.05) is 30.3 Å². The first kappa shape index (κ1) is 17.1. The summed E-state index contributed by atoms with van der Waals surface area (Å²) in [5.74, 6) is -0.897. The van der Waals surface area contributed by atoms with Crippen LogP contribution in [-0.2, 0) is 6.42 Å². The number of fused-ring (bicyclic) bond motifs is 2. The van der Waals surface area contributed by atoms with E-state index in [-0.39, 0.29) is 17.3 Å². The topological polar surface area (TPSA) is 100 Å². The van der Waals surface area contributed by atoms with Gasteiger partial charge in [-0.15, -0.1) is 0 Å². The van der Waals surface area contributed by atoms with Crippen molar-refractivity contribution in [3.8, 4) is 0 Å². The molecular weight excluding hydrogens is 370 g/mol. The predicted molar refractivity (Wildman–Crippen MR) is 105 cm³/mol. The number of imide groups is 1. The molecule has 8 nitrogen and oxygen atoms in total. The van der Waals surface area contributed by atoms with Crippen molar-refractivity contribution in [2.75, 3.05) is 4.90 Å². The van der Waals surface area contributed by atoms with Crippen molar-refractivity contribution in [2.45, 2.75) is 13.3 Å². The number of benzene rings is 2. The zero-order chi connectivity index (χ0) is 20.1. The Hall–Kier alpha value is -4.07. The summed E-state index contributed by atoms with van der Waals surface area (Å²) in [7, 11) is 0. The number of carbonyl (C=O) groups is 2. The van der Waals surface area contributed by atoms with Gasteiger partial charge in [-0.3, -0.25) is 19.5 Å². The highest BCUT2D eigenvalue weighted by atomic mass is 16.2. The fraction of sp³-hybridized carbons (Fsp3) is 0.0952. The van der Waals surface area contributed by atoms with Gasteiger partial charge in [0.25, 0.3) is 23.2 Å². The van der Waals surface area contributed by atoms with Gasteiger partial charge in [0.05, 0.1) is 16.8 Å². The van der Waals surface area contributed by atoms with Crippen LogP contribution in [0.3, 0.4) is 0 Å². The lowest BCUT2D eigenvalue weighted by Gasteiger charge is -2.08. The first-order valence-electron chi connectivity index (χ1n) is 9.04. The highest BCUT2D eigenvalue weighted by Gasteiger charge is 2.38. The first-order valence-corrected chi connectivity index (χ1v) is 9.04. The fourth-order valence-electron chi connectivity index (χ4n) is 3.53. The SMILES string of the molecule is Cc1nc2nc(N3C(=O)c4ccccc4C3=O)[nH]n2c(=O)c1Cc1ccccc1. The van der Waals surface area contributed by atoms with Crippen LogP contribution in [0.25, 0.3) is 5.78 Å². The van der Waals surface area contributed by atoms with Crippen LogP contribution in [0.15, 0.2) is 59.4 Å². The number of nitrogens with one attached hydrogen (secondary N) is 1. The lowest BCUT2D eigenvalue weighted by Crippen LogP contribution is -2.30. The van der Waals surface area contributed by atoms with E-state index < -0.39 is 11.8 Å². The molecule has 0 unspecified atom stereocenters. The largest absolute Gasteiger partial charge is 0.277 e. The van der Waals surface area contributed by atoms with Crippen molar-refractivity contribution in [1.82, 2.24) is 19.6 Å². The molecule has 142 valence electrons. The van der Waals surface area contributed by atoms with Gasteiger partial charge >= 0.3 is 0 Å². The summed E-state index contributed by atoms with van der Waals surface area (Å²) in [4.78, 5) is 47.9. The van der Waals surface area contributed by atoms with Crippen molar-refractivity contribution in [1.29, 1.82) is 0 Å². The summed E-state index contributed by atoms with van der Waals surface area (Å²) in [5.41, 5.74) is 2.35. The van der Waals surface area contributed by atoms with E-state index >= 15 is 0 Å². The van der Waals surface area contributed by atoms with Crippen LogP contribution in [0, 0.1) is 6.92 Å². The van der Waals surface area contributed by atoms with Crippen molar-refractivity contribution in [2.24, 2.45) is 0 Å². The highest BCUT2D eigenvalue weighted by Crippen LogP contribution is 2.26. The third-order valence-corrected chi connectivity index (χ3v) is 5.01. The summed E-state index contributed by atoms with van der Waals surface area (Å²) in [5, 5.41) is 2.77. The van der Waals surface area contributed by atoms with Gasteiger partial charge in [0.1, 0.15) is 0 Å². The normalized spacial score (nSPS) is 13.3. The third kappa shape index (κ3) is 2.57. The Morgan fingerprint density at radius 3 is 2.14 bits per heavy atom. The Morgan fingerprint density at radius 1 is 0.862 bits per heavy atom. The van der Waals surface area contributed by atoms with Gasteiger partial charge < -0.3 is 0 Å². The van der Waals surface area contributed by atoms with E-state index in [2.05, 4.69) is 15.1 Å². The number of amides is 2. The summed E-state index contributed by atoms with van der Waals surface area (Å²) in [6.07, 6.45) is 0.419. The number of aryl methyl sites for hydroxylation is 1. The molecule has 8 heteroatoms. The molecule has 0 fully saturated rings. The molecule has 0 saturated carbocycles. The Kier molecular flexibility index (Phi) is 3.67. The number of aromatic amines is 1. The molecule has 2 aromatic heterocycles. The van der Waals surface area contributed by atoms with Crippen molar-refractivity contribution in [3.63, 3.8) is 0 Å². The minimum atomic E-state index is -0.487. The number of H-pyrrole nitrogens is 1. The molecular formula is C21H15N5O3. The van der Waals surface area contributed by atoms with Gasteiger partial charge in [0.15, 0.2) is 0 Å². The smallest absolute Gasteiger partial charge is 0.268 e. The molecule has 0 atom stereocenters. The van der Waals surface area contributed by atoms with Crippen molar-refractivity contribution in [3.05, 3.63) is 92.9 Å². The Bertz CT molecular complexity index is 1320. The summed E-state index contributed by atoms with van der Waals surface area (Å²) >= 11 is 0. The maximum absolute atomic E-state index is 13.0. The lowest BCUT2D eigenvalue weighted by atomic mass is 10.1. The summed E-state index contributed by atoms with van der Waals surface area (Å²) in [6, 6.07) is 16.2. The Morgan fingerprint density at radius 2 is 1.48 bits per heavy atom. The number of hydrogen-bond acceptors (Lipinski definition) is 5. The van der Waals surface area contributed by atoms with Crippen LogP contribution < -0.4 is 10.5 Å². The number of anilines is 1. The number of nitrogens with zero attached hydrogens (tertiary/aromatic N) is 4. The van der Waals surface area contributed by atoms with Gasteiger partial charge in [0.2, 0.25) is 5.95 Å². The number of hydrogen-bond donors (Lipinski definition) is 1. The molecule has 3 heterocycles. The van der Waals surface area contributed by atoms with Crippen molar-refractivity contribution < 1.29 is 9.59 Å². The van der Waals surface area contributed by atoms with E-state index in [4.69, 9.17) is 0 Å². The van der Waals surface area contributed by atoms with Crippen LogP contribution in [0.2, 0.25) is 0 Å².